The van der Waals surface area contributed by atoms with Gasteiger partial charge in [-0.05, 0) is 43.9 Å². The maximum atomic E-state index is 12.6. The molecule has 0 amide bonds. The summed E-state index contributed by atoms with van der Waals surface area (Å²) in [5, 5.41) is 4.09. The van der Waals surface area contributed by atoms with Crippen LogP contribution in [0.3, 0.4) is 0 Å². The van der Waals surface area contributed by atoms with Gasteiger partial charge in [0.15, 0.2) is 0 Å². The standard InChI is InChI=1S/C20H25N3OS/c1-5-12(2)10-16-14(4)25-20-18(16)19(24)22-17(23-20)11-21-15-8-6-13(3)7-9-15/h6-9,12,21H,5,10-11H2,1-4H3,(H,22,23,24)/t12-/m0/s1. The van der Waals surface area contributed by atoms with Gasteiger partial charge in [0.25, 0.3) is 5.56 Å². The van der Waals surface area contributed by atoms with Crippen LogP contribution in [0.4, 0.5) is 5.69 Å². The SMILES string of the molecule is CC[C@H](C)Cc1c(C)sc2nc(CNc3ccc(C)cc3)[nH]c(=O)c12. The van der Waals surface area contributed by atoms with Crippen LogP contribution in [0.25, 0.3) is 10.2 Å². The van der Waals surface area contributed by atoms with Gasteiger partial charge in [-0.1, -0.05) is 38.0 Å². The molecule has 0 aliphatic rings. The Kier molecular flexibility index (Phi) is 5.23. The van der Waals surface area contributed by atoms with Gasteiger partial charge in [-0.2, -0.15) is 0 Å². The van der Waals surface area contributed by atoms with Crippen molar-refractivity contribution in [2.24, 2.45) is 5.92 Å². The van der Waals surface area contributed by atoms with Gasteiger partial charge < -0.3 is 10.3 Å². The van der Waals surface area contributed by atoms with E-state index in [4.69, 9.17) is 0 Å². The zero-order valence-corrected chi connectivity index (χ0v) is 16.1. The van der Waals surface area contributed by atoms with E-state index in [1.165, 1.54) is 16.0 Å². The van der Waals surface area contributed by atoms with Crippen molar-refractivity contribution in [3.63, 3.8) is 0 Å². The molecule has 4 nitrogen and oxygen atoms in total. The highest BCUT2D eigenvalue weighted by Gasteiger charge is 2.16. The van der Waals surface area contributed by atoms with Crippen LogP contribution in [-0.4, -0.2) is 9.97 Å². The zero-order chi connectivity index (χ0) is 18.0. The largest absolute Gasteiger partial charge is 0.378 e. The van der Waals surface area contributed by atoms with E-state index in [0.29, 0.717) is 18.3 Å². The molecule has 3 aromatic rings. The second kappa shape index (κ2) is 7.40. The predicted octanol–water partition coefficient (Wildman–Crippen LogP) is 4.80. The van der Waals surface area contributed by atoms with Crippen molar-refractivity contribution < 1.29 is 0 Å². The third kappa shape index (κ3) is 3.93. The topological polar surface area (TPSA) is 57.8 Å². The van der Waals surface area contributed by atoms with Crippen LogP contribution >= 0.6 is 11.3 Å². The molecule has 0 fully saturated rings. The molecule has 1 atom stereocenters. The second-order valence-corrected chi connectivity index (χ2v) is 7.97. The first kappa shape index (κ1) is 17.7. The van der Waals surface area contributed by atoms with E-state index in [1.807, 2.05) is 12.1 Å². The van der Waals surface area contributed by atoms with Gasteiger partial charge in [-0.3, -0.25) is 4.79 Å². The fourth-order valence-electron chi connectivity index (χ4n) is 2.90. The number of aromatic amines is 1. The molecule has 0 spiro atoms. The Morgan fingerprint density at radius 3 is 2.64 bits per heavy atom. The number of nitrogens with one attached hydrogen (secondary N) is 2. The lowest BCUT2D eigenvalue weighted by molar-refractivity contribution is 0.561. The van der Waals surface area contributed by atoms with Crippen LogP contribution in [0.2, 0.25) is 0 Å². The Bertz CT molecular complexity index is 925. The third-order valence-corrected chi connectivity index (χ3v) is 5.71. The van der Waals surface area contributed by atoms with Crippen molar-refractivity contribution in [1.29, 1.82) is 0 Å². The molecule has 3 rings (SSSR count). The molecule has 0 saturated heterocycles. The molecule has 2 N–H and O–H groups in total. The van der Waals surface area contributed by atoms with Crippen LogP contribution < -0.4 is 10.9 Å². The normalized spacial score (nSPS) is 12.5. The first-order valence-electron chi connectivity index (χ1n) is 8.79. The summed E-state index contributed by atoms with van der Waals surface area (Å²) in [6.07, 6.45) is 2.05. The monoisotopic (exact) mass is 355 g/mol. The lowest BCUT2D eigenvalue weighted by atomic mass is 9.98. The van der Waals surface area contributed by atoms with Crippen molar-refractivity contribution in [3.8, 4) is 0 Å². The summed E-state index contributed by atoms with van der Waals surface area (Å²) in [5.74, 6) is 1.24. The van der Waals surface area contributed by atoms with Crippen molar-refractivity contribution in [1.82, 2.24) is 9.97 Å². The molecule has 2 aromatic heterocycles. The van der Waals surface area contributed by atoms with Crippen molar-refractivity contribution in [3.05, 3.63) is 56.4 Å². The van der Waals surface area contributed by atoms with Crippen LogP contribution in [0.1, 0.15) is 42.1 Å². The molecule has 0 aliphatic heterocycles. The quantitative estimate of drug-likeness (QED) is 0.667. The number of benzene rings is 1. The van der Waals surface area contributed by atoms with Gasteiger partial charge in [0.1, 0.15) is 10.7 Å². The Morgan fingerprint density at radius 1 is 1.24 bits per heavy atom. The maximum absolute atomic E-state index is 12.6. The number of hydrogen-bond donors (Lipinski definition) is 2. The number of hydrogen-bond acceptors (Lipinski definition) is 4. The molecule has 0 bridgehead atoms. The Morgan fingerprint density at radius 2 is 1.96 bits per heavy atom. The van der Waals surface area contributed by atoms with E-state index in [-0.39, 0.29) is 5.56 Å². The van der Waals surface area contributed by atoms with Crippen molar-refractivity contribution in [2.75, 3.05) is 5.32 Å². The number of nitrogens with zero attached hydrogens (tertiary/aromatic N) is 1. The fourth-order valence-corrected chi connectivity index (χ4v) is 3.97. The Hall–Kier alpha value is -2.14. The second-order valence-electron chi connectivity index (χ2n) is 6.77. The summed E-state index contributed by atoms with van der Waals surface area (Å²) < 4.78 is 0. The van der Waals surface area contributed by atoms with Crippen molar-refractivity contribution in [2.45, 2.75) is 47.1 Å². The molecule has 2 heterocycles. The molecular formula is C20H25N3OS. The lowest BCUT2D eigenvalue weighted by Gasteiger charge is -2.09. The predicted molar refractivity (Wildman–Crippen MR) is 107 cm³/mol. The lowest BCUT2D eigenvalue weighted by Crippen LogP contribution is -2.15. The molecule has 0 aliphatic carbocycles. The highest BCUT2D eigenvalue weighted by atomic mass is 32.1. The maximum Gasteiger partial charge on any atom is 0.259 e. The van der Waals surface area contributed by atoms with Gasteiger partial charge in [0.2, 0.25) is 0 Å². The number of H-pyrrole nitrogens is 1. The summed E-state index contributed by atoms with van der Waals surface area (Å²) in [6.45, 7) is 9.07. The van der Waals surface area contributed by atoms with E-state index in [2.05, 4.69) is 55.1 Å². The number of anilines is 1. The van der Waals surface area contributed by atoms with Gasteiger partial charge in [0, 0.05) is 10.6 Å². The molecule has 0 unspecified atom stereocenters. The average molecular weight is 356 g/mol. The number of fused-ring (bicyclic) bond motifs is 1. The minimum Gasteiger partial charge on any atom is -0.378 e. The summed E-state index contributed by atoms with van der Waals surface area (Å²) in [6, 6.07) is 8.19. The van der Waals surface area contributed by atoms with Crippen LogP contribution in [0.15, 0.2) is 29.1 Å². The molecular weight excluding hydrogens is 330 g/mol. The van der Waals surface area contributed by atoms with Crippen molar-refractivity contribution >= 4 is 27.2 Å². The summed E-state index contributed by atoms with van der Waals surface area (Å²) in [5.41, 5.74) is 3.39. The van der Waals surface area contributed by atoms with Gasteiger partial charge >= 0.3 is 0 Å². The first-order chi connectivity index (χ1) is 12.0. The number of aromatic nitrogens is 2. The minimum absolute atomic E-state index is 0.0200. The van der Waals surface area contributed by atoms with E-state index >= 15 is 0 Å². The third-order valence-electron chi connectivity index (χ3n) is 4.67. The van der Waals surface area contributed by atoms with E-state index in [0.717, 1.165) is 28.7 Å². The molecule has 0 saturated carbocycles. The van der Waals surface area contributed by atoms with Crippen LogP contribution in [0.5, 0.6) is 0 Å². The average Bonchev–Trinajstić information content (AvgIpc) is 2.90. The summed E-state index contributed by atoms with van der Waals surface area (Å²) in [7, 11) is 0. The Labute approximate surface area is 152 Å². The number of thiophene rings is 1. The minimum atomic E-state index is -0.0200. The van der Waals surface area contributed by atoms with Gasteiger partial charge in [0.05, 0.1) is 11.9 Å². The van der Waals surface area contributed by atoms with E-state index in [1.54, 1.807) is 11.3 Å². The van der Waals surface area contributed by atoms with E-state index < -0.39 is 0 Å². The zero-order valence-electron chi connectivity index (χ0n) is 15.3. The molecule has 5 heteroatoms. The highest BCUT2D eigenvalue weighted by molar-refractivity contribution is 7.18. The van der Waals surface area contributed by atoms with Crippen LogP contribution in [0, 0.1) is 19.8 Å². The number of rotatable bonds is 6. The first-order valence-corrected chi connectivity index (χ1v) is 9.61. The smallest absolute Gasteiger partial charge is 0.259 e. The molecule has 25 heavy (non-hydrogen) atoms. The highest BCUT2D eigenvalue weighted by Crippen LogP contribution is 2.29. The summed E-state index contributed by atoms with van der Waals surface area (Å²) >= 11 is 1.62. The molecule has 0 radical (unpaired) electrons. The van der Waals surface area contributed by atoms with Crippen LogP contribution in [-0.2, 0) is 13.0 Å². The molecule has 1 aromatic carbocycles. The Balaban J connectivity index is 1.86. The molecule has 132 valence electrons. The fraction of sp³-hybridized carbons (Fsp3) is 0.400. The van der Waals surface area contributed by atoms with E-state index in [9.17, 15) is 4.79 Å². The number of aryl methyl sites for hydroxylation is 2. The van der Waals surface area contributed by atoms with Gasteiger partial charge in [-0.25, -0.2) is 4.98 Å². The van der Waals surface area contributed by atoms with Gasteiger partial charge in [-0.15, -0.1) is 11.3 Å². The summed E-state index contributed by atoms with van der Waals surface area (Å²) in [4.78, 5) is 22.3.